The van der Waals surface area contributed by atoms with Crippen LogP contribution in [0.1, 0.15) is 43.9 Å². The highest BCUT2D eigenvalue weighted by molar-refractivity contribution is 7.89. The minimum Gasteiger partial charge on any atom is -0.377 e. The molecule has 2 aromatic rings. The van der Waals surface area contributed by atoms with Crippen LogP contribution in [0.5, 0.6) is 0 Å². The van der Waals surface area contributed by atoms with Gasteiger partial charge in [0, 0.05) is 32.8 Å². The van der Waals surface area contributed by atoms with Gasteiger partial charge in [-0.15, -0.1) is 0 Å². The summed E-state index contributed by atoms with van der Waals surface area (Å²) >= 11 is 0. The van der Waals surface area contributed by atoms with E-state index in [0.717, 1.165) is 17.7 Å². The highest BCUT2D eigenvalue weighted by atomic mass is 32.2. The third-order valence-electron chi connectivity index (χ3n) is 5.68. The Morgan fingerprint density at radius 1 is 1.16 bits per heavy atom. The van der Waals surface area contributed by atoms with E-state index in [0.29, 0.717) is 6.61 Å². The summed E-state index contributed by atoms with van der Waals surface area (Å²) < 4.78 is 32.4. The van der Waals surface area contributed by atoms with Crippen molar-refractivity contribution in [2.75, 3.05) is 32.6 Å². The number of ether oxygens (including phenoxy) is 1. The number of carbonyl (C=O) groups excluding carboxylic acids is 3. The summed E-state index contributed by atoms with van der Waals surface area (Å²) in [5.74, 6) is -1.44. The highest BCUT2D eigenvalue weighted by Gasteiger charge is 2.35. The number of imide groups is 1. The lowest BCUT2D eigenvalue weighted by Gasteiger charge is -2.20. The average molecular weight is 458 g/mol. The molecule has 0 spiro atoms. The number of nitrogens with one attached hydrogen (secondary N) is 1. The Balaban J connectivity index is 1.50. The van der Waals surface area contributed by atoms with E-state index in [1.54, 1.807) is 12.1 Å². The fourth-order valence-electron chi connectivity index (χ4n) is 3.83. The van der Waals surface area contributed by atoms with Crippen molar-refractivity contribution < 1.29 is 27.5 Å². The number of hydrogen-bond acceptors (Lipinski definition) is 6. The van der Waals surface area contributed by atoms with Gasteiger partial charge >= 0.3 is 0 Å². The van der Waals surface area contributed by atoms with Crippen molar-refractivity contribution in [1.29, 1.82) is 0 Å². The van der Waals surface area contributed by atoms with Crippen molar-refractivity contribution in [3.05, 3.63) is 59.2 Å². The van der Waals surface area contributed by atoms with Gasteiger partial charge in [-0.3, -0.25) is 19.3 Å². The summed E-state index contributed by atoms with van der Waals surface area (Å²) in [6.07, 6.45) is 1.63. The molecule has 3 amide bonds. The number of likely N-dealkylation sites (N-methyl/N-ethyl adjacent to an activating group) is 1. The van der Waals surface area contributed by atoms with Gasteiger partial charge in [0.1, 0.15) is 0 Å². The van der Waals surface area contributed by atoms with Gasteiger partial charge in [-0.1, -0.05) is 6.07 Å². The number of anilines is 1. The minimum absolute atomic E-state index is 0.0672. The second-order valence-corrected chi connectivity index (χ2v) is 9.84. The van der Waals surface area contributed by atoms with E-state index < -0.39 is 27.7 Å². The first-order valence-electron chi connectivity index (χ1n) is 10.1. The number of sulfonamides is 1. The molecule has 1 fully saturated rings. The van der Waals surface area contributed by atoms with Crippen LogP contribution in [0, 0.1) is 0 Å². The molecular weight excluding hydrogens is 434 g/mol. The summed E-state index contributed by atoms with van der Waals surface area (Å²) in [4.78, 5) is 38.3. The highest BCUT2D eigenvalue weighted by Crippen LogP contribution is 2.29. The van der Waals surface area contributed by atoms with Crippen LogP contribution in [0.15, 0.2) is 47.4 Å². The number of benzene rings is 2. The lowest BCUT2D eigenvalue weighted by Crippen LogP contribution is -2.34. The van der Waals surface area contributed by atoms with Crippen LogP contribution in [0.4, 0.5) is 5.69 Å². The largest absolute Gasteiger partial charge is 0.377 e. The van der Waals surface area contributed by atoms with Crippen LogP contribution in [0.25, 0.3) is 0 Å². The predicted molar refractivity (Wildman–Crippen MR) is 116 cm³/mol. The van der Waals surface area contributed by atoms with Crippen LogP contribution in [-0.2, 0) is 14.8 Å². The molecular formula is C22H23N3O6S. The summed E-state index contributed by atoms with van der Waals surface area (Å²) in [6, 6.07) is 10.2. The molecule has 2 aliphatic rings. The van der Waals surface area contributed by atoms with Crippen LogP contribution in [0.2, 0.25) is 0 Å². The Bertz CT molecular complexity index is 1190. The molecule has 2 heterocycles. The standard InChI is InChI=1S/C22H23N3O6S/c1-24(13-15-5-4-12-31-15)32(29,30)16-10-8-14(9-11-16)20(26)23-18-7-3-6-17-19(18)22(28)25(2)21(17)27/h3,6-11,15H,4-5,12-13H2,1-2H3,(H,23,26)/t15-/m0/s1. The Labute approximate surface area is 186 Å². The maximum Gasteiger partial charge on any atom is 0.263 e. The molecule has 2 aliphatic heterocycles. The second kappa shape index (κ2) is 8.45. The first-order chi connectivity index (χ1) is 15.2. The first-order valence-corrected chi connectivity index (χ1v) is 11.6. The Morgan fingerprint density at radius 3 is 2.53 bits per heavy atom. The van der Waals surface area contributed by atoms with E-state index in [1.807, 2.05) is 0 Å². The van der Waals surface area contributed by atoms with Crippen molar-refractivity contribution in [2.45, 2.75) is 23.8 Å². The summed E-state index contributed by atoms with van der Waals surface area (Å²) in [6.45, 7) is 0.911. The number of nitrogens with zero attached hydrogens (tertiary/aromatic N) is 2. The van der Waals surface area contributed by atoms with Gasteiger partial charge < -0.3 is 10.1 Å². The molecule has 0 saturated carbocycles. The molecule has 0 unspecified atom stereocenters. The molecule has 9 nitrogen and oxygen atoms in total. The number of fused-ring (bicyclic) bond motifs is 1. The van der Waals surface area contributed by atoms with Gasteiger partial charge in [-0.05, 0) is 49.2 Å². The summed E-state index contributed by atoms with van der Waals surface area (Å²) in [5.41, 5.74) is 0.811. The van der Waals surface area contributed by atoms with E-state index in [2.05, 4.69) is 5.32 Å². The normalized spacial score (nSPS) is 18.3. The molecule has 0 aliphatic carbocycles. The minimum atomic E-state index is -3.72. The fourth-order valence-corrected chi connectivity index (χ4v) is 5.03. The van der Waals surface area contributed by atoms with E-state index in [-0.39, 0.29) is 39.9 Å². The molecule has 10 heteroatoms. The van der Waals surface area contributed by atoms with Gasteiger partial charge in [-0.25, -0.2) is 8.42 Å². The number of rotatable bonds is 6. The smallest absolute Gasteiger partial charge is 0.263 e. The van der Waals surface area contributed by atoms with Crippen molar-refractivity contribution in [1.82, 2.24) is 9.21 Å². The monoisotopic (exact) mass is 457 g/mol. The van der Waals surface area contributed by atoms with Gasteiger partial charge in [0.2, 0.25) is 10.0 Å². The van der Waals surface area contributed by atoms with Gasteiger partial charge in [-0.2, -0.15) is 4.31 Å². The summed E-state index contributed by atoms with van der Waals surface area (Å²) in [5, 5.41) is 2.64. The maximum absolute atomic E-state index is 12.8. The Hall–Kier alpha value is -3.08. The Morgan fingerprint density at radius 2 is 1.88 bits per heavy atom. The maximum atomic E-state index is 12.8. The molecule has 2 aromatic carbocycles. The van der Waals surface area contributed by atoms with E-state index in [1.165, 1.54) is 48.7 Å². The zero-order valence-corrected chi connectivity index (χ0v) is 18.5. The van der Waals surface area contributed by atoms with Crippen LogP contribution >= 0.6 is 0 Å². The zero-order chi connectivity index (χ0) is 23.0. The van der Waals surface area contributed by atoms with Crippen molar-refractivity contribution >= 4 is 33.4 Å². The van der Waals surface area contributed by atoms with E-state index >= 15 is 0 Å². The van der Waals surface area contributed by atoms with Crippen molar-refractivity contribution in [2.24, 2.45) is 0 Å². The molecule has 1 atom stereocenters. The number of amides is 3. The number of carbonyl (C=O) groups is 3. The third kappa shape index (κ3) is 3.92. The lowest BCUT2D eigenvalue weighted by atomic mass is 10.1. The van der Waals surface area contributed by atoms with E-state index in [9.17, 15) is 22.8 Å². The fraction of sp³-hybridized carbons (Fsp3) is 0.318. The van der Waals surface area contributed by atoms with Crippen molar-refractivity contribution in [3.8, 4) is 0 Å². The SMILES string of the molecule is CN1C(=O)c2cccc(NC(=O)c3ccc(S(=O)(=O)N(C)C[C@@H]4CCCO4)cc3)c2C1=O. The third-order valence-corrected chi connectivity index (χ3v) is 7.51. The van der Waals surface area contributed by atoms with Crippen LogP contribution in [-0.4, -0.2) is 68.7 Å². The number of hydrogen-bond donors (Lipinski definition) is 1. The van der Waals surface area contributed by atoms with Gasteiger partial charge in [0.05, 0.1) is 27.8 Å². The first kappa shape index (κ1) is 22.1. The van der Waals surface area contributed by atoms with Crippen molar-refractivity contribution in [3.63, 3.8) is 0 Å². The molecule has 4 rings (SSSR count). The topological polar surface area (TPSA) is 113 Å². The van der Waals surface area contributed by atoms with Crippen LogP contribution < -0.4 is 5.32 Å². The molecule has 0 aromatic heterocycles. The molecule has 32 heavy (non-hydrogen) atoms. The summed E-state index contributed by atoms with van der Waals surface area (Å²) in [7, 11) is -0.838. The van der Waals surface area contributed by atoms with Crippen LogP contribution in [0.3, 0.4) is 0 Å². The molecule has 0 bridgehead atoms. The van der Waals surface area contributed by atoms with Gasteiger partial charge in [0.25, 0.3) is 17.7 Å². The molecule has 168 valence electrons. The quantitative estimate of drug-likeness (QED) is 0.664. The van der Waals surface area contributed by atoms with E-state index in [4.69, 9.17) is 4.74 Å². The average Bonchev–Trinajstić information content (AvgIpc) is 3.37. The second-order valence-electron chi connectivity index (χ2n) is 7.80. The lowest BCUT2D eigenvalue weighted by molar-refractivity contribution is 0.0693. The molecule has 0 radical (unpaired) electrons. The Kier molecular flexibility index (Phi) is 5.85. The van der Waals surface area contributed by atoms with Gasteiger partial charge in [0.15, 0.2) is 0 Å². The molecule has 1 saturated heterocycles. The zero-order valence-electron chi connectivity index (χ0n) is 17.7. The molecule has 1 N–H and O–H groups in total. The predicted octanol–water partition coefficient (Wildman–Crippen LogP) is 1.96.